The molecule has 280 valence electrons. The number of fused-ring (bicyclic) bond motifs is 1. The number of aliphatic hydroxyl groups is 1. The Morgan fingerprint density at radius 2 is 1.73 bits per heavy atom. The molecule has 3 aromatic rings. The molecule has 2 aromatic carbocycles. The van der Waals surface area contributed by atoms with Crippen LogP contribution in [-0.2, 0) is 36.7 Å². The van der Waals surface area contributed by atoms with E-state index in [4.69, 9.17) is 18.9 Å². The van der Waals surface area contributed by atoms with Gasteiger partial charge in [0.05, 0.1) is 38.4 Å². The summed E-state index contributed by atoms with van der Waals surface area (Å²) < 4.78 is 49.9. The van der Waals surface area contributed by atoms with Crippen molar-refractivity contribution in [2.45, 2.75) is 70.7 Å². The van der Waals surface area contributed by atoms with Crippen LogP contribution >= 0.6 is 0 Å². The Bertz CT molecular complexity index is 1660. The van der Waals surface area contributed by atoms with Crippen LogP contribution in [0.5, 0.6) is 0 Å². The molecular formula is C37H45F2N5O8. The number of ether oxygens (including phenoxy) is 4. The highest BCUT2D eigenvalue weighted by Crippen LogP contribution is 2.33. The maximum Gasteiger partial charge on any atom is 0.422 e. The quantitative estimate of drug-likeness (QED) is 0.189. The number of carbonyl (C=O) groups excluding carboxylic acids is 3. The number of nitrogens with zero attached hydrogens (tertiary/aromatic N) is 2. The summed E-state index contributed by atoms with van der Waals surface area (Å²) in [6.07, 6.45) is 0.107. The first kappa shape index (κ1) is 38.5. The highest BCUT2D eigenvalue weighted by molar-refractivity contribution is 5.86. The fourth-order valence-electron chi connectivity index (χ4n) is 6.29. The van der Waals surface area contributed by atoms with Gasteiger partial charge in [0.25, 0.3) is 0 Å². The largest absolute Gasteiger partial charge is 0.453 e. The van der Waals surface area contributed by atoms with Crippen molar-refractivity contribution in [2.24, 2.45) is 11.3 Å². The lowest BCUT2D eigenvalue weighted by Crippen LogP contribution is -2.59. The van der Waals surface area contributed by atoms with E-state index in [0.717, 1.165) is 34.9 Å². The number of alkyl carbamates (subject to hydrolysis) is 1. The van der Waals surface area contributed by atoms with Crippen LogP contribution in [0.1, 0.15) is 38.3 Å². The number of halogens is 2. The SMILES string of the molecule is COC(=O)NC(C(=O)NC(Cc1ccc(-c2cccnc2)cc1)C(O)CN(Cc1cc(F)cc(F)c1)NC(=O)OC1COC2OCCC12)C(C)(C)C. The standard InChI is InChI=1S/C37H45F2N5O8/c1-37(2,3)32(42-35(47)49-4)33(46)41-29(16-22-7-9-24(10-8-22)25-6-5-12-40-18-25)30(45)20-44(19-23-14-26(38)17-27(39)15-23)43-36(48)52-31-21-51-34-28(31)11-13-50-34/h5-10,12,14-15,17-18,28-32,34,45H,11,13,16,19-21H2,1-4H3,(H,41,46)(H,42,47)(H,43,48). The lowest BCUT2D eigenvalue weighted by Gasteiger charge is -2.34. The Morgan fingerprint density at radius 3 is 2.38 bits per heavy atom. The molecule has 3 amide bonds. The number of aliphatic hydroxyl groups excluding tert-OH is 1. The van der Waals surface area contributed by atoms with Crippen LogP contribution in [0.25, 0.3) is 11.1 Å². The predicted molar refractivity (Wildman–Crippen MR) is 184 cm³/mol. The monoisotopic (exact) mass is 725 g/mol. The van der Waals surface area contributed by atoms with E-state index in [2.05, 4.69) is 21.0 Å². The topological polar surface area (TPSA) is 161 Å². The molecule has 2 fully saturated rings. The smallest absolute Gasteiger partial charge is 0.422 e. The first-order valence-electron chi connectivity index (χ1n) is 17.0. The lowest BCUT2D eigenvalue weighted by molar-refractivity contribution is -0.127. The fraction of sp³-hybridized carbons (Fsp3) is 0.459. The van der Waals surface area contributed by atoms with Crippen molar-refractivity contribution < 1.29 is 47.2 Å². The van der Waals surface area contributed by atoms with Crippen molar-refractivity contribution in [1.29, 1.82) is 0 Å². The van der Waals surface area contributed by atoms with Crippen LogP contribution in [0.4, 0.5) is 18.4 Å². The van der Waals surface area contributed by atoms with E-state index in [1.165, 1.54) is 12.1 Å². The summed E-state index contributed by atoms with van der Waals surface area (Å²) in [5, 5.41) is 18.5. The number of hydrogen-bond donors (Lipinski definition) is 4. The van der Waals surface area contributed by atoms with Gasteiger partial charge in [0, 0.05) is 31.5 Å². The third-order valence-electron chi connectivity index (χ3n) is 8.97. The van der Waals surface area contributed by atoms with Gasteiger partial charge in [0.1, 0.15) is 23.8 Å². The van der Waals surface area contributed by atoms with Crippen molar-refractivity contribution in [1.82, 2.24) is 26.1 Å². The molecule has 3 heterocycles. The molecule has 1 aromatic heterocycles. The number of hydrogen-bond acceptors (Lipinski definition) is 10. The van der Waals surface area contributed by atoms with Crippen LogP contribution in [0.15, 0.2) is 67.0 Å². The number of amides is 3. The Morgan fingerprint density at radius 1 is 1.00 bits per heavy atom. The molecule has 0 bridgehead atoms. The molecule has 13 nitrogen and oxygen atoms in total. The minimum atomic E-state index is -1.37. The second-order valence-electron chi connectivity index (χ2n) is 14.0. The number of aromatic nitrogens is 1. The third-order valence-corrected chi connectivity index (χ3v) is 8.97. The molecular weight excluding hydrogens is 680 g/mol. The molecule has 5 rings (SSSR count). The maximum absolute atomic E-state index is 14.2. The summed E-state index contributed by atoms with van der Waals surface area (Å²) in [5.41, 5.74) is 4.58. The number of rotatable bonds is 13. The van der Waals surface area contributed by atoms with Crippen molar-refractivity contribution >= 4 is 18.1 Å². The summed E-state index contributed by atoms with van der Waals surface area (Å²) in [4.78, 5) is 43.3. The van der Waals surface area contributed by atoms with Gasteiger partial charge >= 0.3 is 12.2 Å². The fourth-order valence-corrected chi connectivity index (χ4v) is 6.29. The lowest BCUT2D eigenvalue weighted by atomic mass is 9.85. The van der Waals surface area contributed by atoms with Crippen LogP contribution in [-0.4, -0.2) is 90.6 Å². The summed E-state index contributed by atoms with van der Waals surface area (Å²) in [6.45, 7) is 5.37. The first-order chi connectivity index (χ1) is 24.8. The van der Waals surface area contributed by atoms with Crippen molar-refractivity contribution in [3.63, 3.8) is 0 Å². The molecule has 6 atom stereocenters. The number of benzene rings is 2. The predicted octanol–water partition coefficient (Wildman–Crippen LogP) is 4.09. The van der Waals surface area contributed by atoms with E-state index >= 15 is 0 Å². The van der Waals surface area contributed by atoms with Gasteiger partial charge in [0.2, 0.25) is 5.91 Å². The van der Waals surface area contributed by atoms with Crippen LogP contribution in [0, 0.1) is 23.0 Å². The minimum absolute atomic E-state index is 0.130. The Kier molecular flexibility index (Phi) is 12.8. The molecule has 52 heavy (non-hydrogen) atoms. The molecule has 2 aliphatic heterocycles. The van der Waals surface area contributed by atoms with E-state index in [1.807, 2.05) is 36.4 Å². The van der Waals surface area contributed by atoms with Gasteiger partial charge in [-0.1, -0.05) is 51.1 Å². The van der Waals surface area contributed by atoms with E-state index < -0.39 is 65.7 Å². The van der Waals surface area contributed by atoms with Gasteiger partial charge in [-0.05, 0) is 58.7 Å². The molecule has 0 spiro atoms. The number of pyridine rings is 1. The highest BCUT2D eigenvalue weighted by Gasteiger charge is 2.44. The molecule has 4 N–H and O–H groups in total. The highest BCUT2D eigenvalue weighted by atomic mass is 19.1. The second-order valence-corrected chi connectivity index (χ2v) is 14.0. The van der Waals surface area contributed by atoms with E-state index in [0.29, 0.717) is 13.0 Å². The zero-order chi connectivity index (χ0) is 37.4. The molecule has 0 aliphatic carbocycles. The first-order valence-corrected chi connectivity index (χ1v) is 17.0. The van der Waals surface area contributed by atoms with Crippen molar-refractivity contribution in [3.8, 4) is 11.1 Å². The molecule has 2 aliphatic rings. The van der Waals surface area contributed by atoms with Crippen molar-refractivity contribution in [2.75, 3.05) is 26.9 Å². The summed E-state index contributed by atoms with van der Waals surface area (Å²) >= 11 is 0. The van der Waals surface area contributed by atoms with Gasteiger partial charge in [-0.15, -0.1) is 0 Å². The third kappa shape index (κ3) is 10.4. The number of methoxy groups -OCH3 is 1. The molecule has 15 heteroatoms. The normalized spacial score (nSPS) is 20.0. The number of carbonyl (C=O) groups is 3. The number of hydrazine groups is 1. The zero-order valence-corrected chi connectivity index (χ0v) is 29.5. The van der Waals surface area contributed by atoms with Gasteiger partial charge in [0.15, 0.2) is 6.29 Å². The van der Waals surface area contributed by atoms with E-state index in [9.17, 15) is 28.3 Å². The summed E-state index contributed by atoms with van der Waals surface area (Å²) in [5.74, 6) is -2.37. The maximum atomic E-state index is 14.2. The molecule has 0 saturated carbocycles. The van der Waals surface area contributed by atoms with Gasteiger partial charge < -0.3 is 34.7 Å². The van der Waals surface area contributed by atoms with Crippen LogP contribution < -0.4 is 16.1 Å². The second kappa shape index (κ2) is 17.2. The number of nitrogens with one attached hydrogen (secondary N) is 3. The Balaban J connectivity index is 1.38. The van der Waals surface area contributed by atoms with E-state index in [1.54, 1.807) is 33.2 Å². The Hall–Kier alpha value is -4.70. The van der Waals surface area contributed by atoms with Crippen LogP contribution in [0.3, 0.4) is 0 Å². The molecule has 6 unspecified atom stereocenters. The molecule has 2 saturated heterocycles. The van der Waals surface area contributed by atoms with Gasteiger partial charge in [-0.3, -0.25) is 15.2 Å². The van der Waals surface area contributed by atoms with Crippen molar-refractivity contribution in [3.05, 3.63) is 89.8 Å². The Labute approximate surface area is 300 Å². The average molecular weight is 726 g/mol. The zero-order valence-electron chi connectivity index (χ0n) is 29.5. The minimum Gasteiger partial charge on any atom is -0.453 e. The van der Waals surface area contributed by atoms with Gasteiger partial charge in [-0.25, -0.2) is 23.4 Å². The molecule has 0 radical (unpaired) electrons. The van der Waals surface area contributed by atoms with E-state index in [-0.39, 0.29) is 37.6 Å². The summed E-state index contributed by atoms with van der Waals surface area (Å²) in [6, 6.07) is 12.2. The average Bonchev–Trinajstić information content (AvgIpc) is 3.71. The van der Waals surface area contributed by atoms with Gasteiger partial charge in [-0.2, -0.15) is 0 Å². The van der Waals surface area contributed by atoms with Crippen LogP contribution in [0.2, 0.25) is 0 Å². The summed E-state index contributed by atoms with van der Waals surface area (Å²) in [7, 11) is 1.19.